The molecule has 1 amide bonds. The first kappa shape index (κ1) is 21.1. The van der Waals surface area contributed by atoms with Crippen LogP contribution in [-0.2, 0) is 0 Å². The lowest BCUT2D eigenvalue weighted by molar-refractivity contribution is 0.0605. The molecule has 1 aliphatic carbocycles. The van der Waals surface area contributed by atoms with E-state index in [1.54, 1.807) is 0 Å². The fraction of sp³-hybridized carbons (Fsp3) is 0.500. The number of fused-ring (bicyclic) bond motifs is 1. The molecule has 5 rings (SSSR count). The van der Waals surface area contributed by atoms with E-state index in [0.29, 0.717) is 5.92 Å². The summed E-state index contributed by atoms with van der Waals surface area (Å²) < 4.78 is 1.89. The Kier molecular flexibility index (Phi) is 5.49. The summed E-state index contributed by atoms with van der Waals surface area (Å²) >= 11 is 0. The van der Waals surface area contributed by atoms with Crippen molar-refractivity contribution in [1.82, 2.24) is 19.5 Å². The Morgan fingerprint density at radius 3 is 2.53 bits per heavy atom. The molecule has 2 fully saturated rings. The lowest BCUT2D eigenvalue weighted by atomic mass is 9.97. The number of hydrogen-bond donors (Lipinski definition) is 1. The number of likely N-dealkylation sites (tertiary alicyclic amines) is 1. The van der Waals surface area contributed by atoms with Crippen molar-refractivity contribution in [2.45, 2.75) is 77.3 Å². The molecule has 1 saturated carbocycles. The zero-order chi connectivity index (χ0) is 22.4. The summed E-state index contributed by atoms with van der Waals surface area (Å²) in [6.45, 7) is 6.97. The number of nitrogens with zero attached hydrogens (tertiary/aromatic N) is 4. The van der Waals surface area contributed by atoms with Crippen LogP contribution in [0.5, 0.6) is 0 Å². The first-order chi connectivity index (χ1) is 15.4. The molecule has 1 unspecified atom stereocenters. The second-order valence-corrected chi connectivity index (χ2v) is 9.84. The molecule has 32 heavy (non-hydrogen) atoms. The molecule has 2 N–H and O–H groups in total. The Labute approximate surface area is 189 Å². The number of rotatable bonds is 3. The summed E-state index contributed by atoms with van der Waals surface area (Å²) in [6, 6.07) is 8.44. The van der Waals surface area contributed by atoms with Crippen LogP contribution in [0.2, 0.25) is 0 Å². The van der Waals surface area contributed by atoms with E-state index >= 15 is 0 Å². The van der Waals surface area contributed by atoms with Crippen molar-refractivity contribution in [2.75, 3.05) is 6.54 Å². The minimum Gasteiger partial charge on any atom is -0.330 e. The molecule has 6 nitrogen and oxygen atoms in total. The maximum atomic E-state index is 13.5. The predicted molar refractivity (Wildman–Crippen MR) is 126 cm³/mol. The third-order valence-corrected chi connectivity index (χ3v) is 7.12. The van der Waals surface area contributed by atoms with Gasteiger partial charge in [-0.2, -0.15) is 5.10 Å². The van der Waals surface area contributed by atoms with Crippen LogP contribution in [0.25, 0.3) is 5.65 Å². The van der Waals surface area contributed by atoms with Gasteiger partial charge in [-0.15, -0.1) is 0 Å². The molecule has 3 aromatic rings. The van der Waals surface area contributed by atoms with Crippen LogP contribution >= 0.6 is 0 Å². The molecule has 0 spiro atoms. The number of nitrogens with two attached hydrogens (primary N) is 1. The first-order valence-corrected chi connectivity index (χ1v) is 11.9. The van der Waals surface area contributed by atoms with E-state index in [1.807, 2.05) is 35.4 Å². The van der Waals surface area contributed by atoms with Gasteiger partial charge in [0.2, 0.25) is 0 Å². The largest absolute Gasteiger partial charge is 0.330 e. The molecule has 2 aliphatic rings. The predicted octanol–water partition coefficient (Wildman–Crippen LogP) is 4.62. The van der Waals surface area contributed by atoms with Gasteiger partial charge in [-0.3, -0.25) is 4.79 Å². The molecule has 1 aromatic carbocycles. The number of carbonyl (C=O) groups is 1. The molecule has 6 heteroatoms. The minimum absolute atomic E-state index is 0.0116. The van der Waals surface area contributed by atoms with Gasteiger partial charge in [0.05, 0.1) is 17.4 Å². The van der Waals surface area contributed by atoms with Gasteiger partial charge in [-0.1, -0.05) is 17.2 Å². The van der Waals surface area contributed by atoms with Gasteiger partial charge in [0.15, 0.2) is 5.65 Å². The van der Waals surface area contributed by atoms with E-state index in [-0.39, 0.29) is 18.0 Å². The highest BCUT2D eigenvalue weighted by Crippen LogP contribution is 2.36. The number of amides is 1. The van der Waals surface area contributed by atoms with E-state index in [2.05, 4.69) is 25.3 Å². The Morgan fingerprint density at radius 1 is 1.03 bits per heavy atom. The third-order valence-electron chi connectivity index (χ3n) is 7.12. The van der Waals surface area contributed by atoms with Gasteiger partial charge in [0.1, 0.15) is 0 Å². The highest BCUT2D eigenvalue weighted by molar-refractivity contribution is 5.95. The number of aryl methyl sites for hydroxylation is 3. The quantitative estimate of drug-likeness (QED) is 0.657. The van der Waals surface area contributed by atoms with Crippen molar-refractivity contribution in [3.63, 3.8) is 0 Å². The van der Waals surface area contributed by atoms with Gasteiger partial charge >= 0.3 is 0 Å². The zero-order valence-electron chi connectivity index (χ0n) is 19.3. The summed E-state index contributed by atoms with van der Waals surface area (Å²) in [7, 11) is 0. The van der Waals surface area contributed by atoms with Crippen LogP contribution in [-0.4, -0.2) is 38.0 Å². The monoisotopic (exact) mass is 431 g/mol. The van der Waals surface area contributed by atoms with E-state index in [0.717, 1.165) is 84.4 Å². The van der Waals surface area contributed by atoms with Crippen molar-refractivity contribution in [3.05, 3.63) is 64.1 Å². The second kappa shape index (κ2) is 8.32. The maximum absolute atomic E-state index is 13.5. The number of benzene rings is 1. The molecule has 168 valence electrons. The molecule has 1 saturated heterocycles. The molecular weight excluding hydrogens is 398 g/mol. The summed E-state index contributed by atoms with van der Waals surface area (Å²) in [6.07, 6.45) is 8.34. The number of hydrogen-bond acceptors (Lipinski definition) is 4. The van der Waals surface area contributed by atoms with Crippen LogP contribution in [0.3, 0.4) is 0 Å². The summed E-state index contributed by atoms with van der Waals surface area (Å²) in [5.41, 5.74) is 13.3. The van der Waals surface area contributed by atoms with Crippen molar-refractivity contribution in [3.8, 4) is 0 Å². The Hall–Kier alpha value is -2.73. The maximum Gasteiger partial charge on any atom is 0.254 e. The van der Waals surface area contributed by atoms with E-state index in [4.69, 9.17) is 15.8 Å². The Bertz CT molecular complexity index is 1150. The lowest BCUT2D eigenvalue weighted by Gasteiger charge is -2.35. The number of piperidine rings is 1. The smallest absolute Gasteiger partial charge is 0.254 e. The van der Waals surface area contributed by atoms with Crippen LogP contribution < -0.4 is 5.73 Å². The van der Waals surface area contributed by atoms with Crippen molar-refractivity contribution >= 4 is 11.6 Å². The van der Waals surface area contributed by atoms with Gasteiger partial charge in [-0.25, -0.2) is 9.50 Å². The molecular formula is C26H33N5O. The van der Waals surface area contributed by atoms with Gasteiger partial charge < -0.3 is 10.6 Å². The zero-order valence-corrected chi connectivity index (χ0v) is 19.3. The van der Waals surface area contributed by atoms with E-state index < -0.39 is 0 Å². The van der Waals surface area contributed by atoms with Gasteiger partial charge in [0.25, 0.3) is 5.91 Å². The van der Waals surface area contributed by atoms with Crippen LogP contribution in [0.4, 0.5) is 0 Å². The summed E-state index contributed by atoms with van der Waals surface area (Å²) in [5, 5.41) is 4.88. The van der Waals surface area contributed by atoms with Crippen LogP contribution in [0.15, 0.2) is 30.5 Å². The molecule has 0 bridgehead atoms. The highest BCUT2D eigenvalue weighted by atomic mass is 16.2. The first-order valence-electron chi connectivity index (χ1n) is 11.9. The number of aromatic nitrogens is 3. The summed E-state index contributed by atoms with van der Waals surface area (Å²) in [4.78, 5) is 20.5. The molecule has 3 atom stereocenters. The SMILES string of the molecule is Cc1cc(C)cc(C(=O)N2CCCC[C@H]2c2cc3nc(C4CC[C@H](N)C4)c(C)cn3n2)c1. The number of carbonyl (C=O) groups excluding carboxylic acids is 1. The Balaban J connectivity index is 1.47. The van der Waals surface area contributed by atoms with Gasteiger partial charge in [0, 0.05) is 36.3 Å². The van der Waals surface area contributed by atoms with Crippen molar-refractivity contribution in [1.29, 1.82) is 0 Å². The molecule has 3 heterocycles. The second-order valence-electron chi connectivity index (χ2n) is 9.84. The average molecular weight is 432 g/mol. The van der Waals surface area contributed by atoms with Crippen LogP contribution in [0, 0.1) is 20.8 Å². The summed E-state index contributed by atoms with van der Waals surface area (Å²) in [5.74, 6) is 0.536. The standard InChI is InChI=1S/C26H33N5O/c1-16-10-17(2)12-20(11-16)26(32)30-9-5-4-6-23(30)22-14-24-28-25(18(3)15-31(24)29-22)19-7-8-21(27)13-19/h10-12,14-15,19,21,23H,4-9,13,27H2,1-3H3/t19?,21-,23-/m0/s1. The third kappa shape index (κ3) is 3.92. The van der Waals surface area contributed by atoms with Crippen molar-refractivity contribution < 1.29 is 4.79 Å². The molecule has 1 aliphatic heterocycles. The van der Waals surface area contributed by atoms with Gasteiger partial charge in [-0.05, 0) is 77.0 Å². The van der Waals surface area contributed by atoms with E-state index in [1.165, 1.54) is 0 Å². The van der Waals surface area contributed by atoms with E-state index in [9.17, 15) is 4.79 Å². The molecule has 0 radical (unpaired) electrons. The fourth-order valence-corrected chi connectivity index (χ4v) is 5.63. The average Bonchev–Trinajstić information content (AvgIpc) is 3.37. The minimum atomic E-state index is -0.0116. The normalized spacial score (nSPS) is 23.8. The highest BCUT2D eigenvalue weighted by Gasteiger charge is 2.31. The topological polar surface area (TPSA) is 76.5 Å². The molecule has 2 aromatic heterocycles. The van der Waals surface area contributed by atoms with Crippen molar-refractivity contribution in [2.24, 2.45) is 5.73 Å². The Morgan fingerprint density at radius 2 is 1.81 bits per heavy atom. The lowest BCUT2D eigenvalue weighted by Crippen LogP contribution is -2.38. The fourth-order valence-electron chi connectivity index (χ4n) is 5.63. The van der Waals surface area contributed by atoms with Crippen LogP contribution in [0.1, 0.15) is 88.9 Å².